The zero-order chi connectivity index (χ0) is 19.1. The van der Waals surface area contributed by atoms with Gasteiger partial charge in [-0.25, -0.2) is 12.8 Å². The van der Waals surface area contributed by atoms with E-state index in [1.165, 1.54) is 12.1 Å². The Morgan fingerprint density at radius 1 is 1.04 bits per heavy atom. The summed E-state index contributed by atoms with van der Waals surface area (Å²) in [7, 11) is -4.04. The molecule has 136 valence electrons. The van der Waals surface area contributed by atoms with E-state index in [1.807, 2.05) is 0 Å². The van der Waals surface area contributed by atoms with Crippen LogP contribution in [0.3, 0.4) is 0 Å². The zero-order valence-corrected chi connectivity index (χ0v) is 15.4. The minimum atomic E-state index is -4.04. The fourth-order valence-electron chi connectivity index (χ4n) is 2.36. The number of hydrogen-bond acceptors (Lipinski definition) is 4. The van der Waals surface area contributed by atoms with Crippen molar-refractivity contribution in [2.45, 2.75) is 30.7 Å². The molecule has 5 nitrogen and oxygen atoms in total. The molecular weight excluding hydrogens is 357 g/mol. The average Bonchev–Trinajstić information content (AvgIpc) is 2.94. The van der Waals surface area contributed by atoms with E-state index in [-0.39, 0.29) is 15.7 Å². The first-order valence-electron chi connectivity index (χ1n) is 7.94. The second kappa shape index (κ2) is 6.25. The minimum absolute atomic E-state index is 0.0511. The number of halogens is 1. The Balaban J connectivity index is 2.21. The summed E-state index contributed by atoms with van der Waals surface area (Å²) in [5.74, 6) is -1.15. The molecule has 0 radical (unpaired) electrons. The lowest BCUT2D eigenvalue weighted by molar-refractivity contribution is -0.143. The number of aromatic amines is 1. The maximum Gasteiger partial charge on any atom is 0.316 e. The van der Waals surface area contributed by atoms with Gasteiger partial charge in [0.1, 0.15) is 5.82 Å². The topological polar surface area (TPSA) is 76.2 Å². The maximum absolute atomic E-state index is 13.2. The van der Waals surface area contributed by atoms with E-state index in [1.54, 1.807) is 45.0 Å². The number of esters is 1. The highest BCUT2D eigenvalue weighted by molar-refractivity contribution is 7.91. The van der Waals surface area contributed by atoms with Gasteiger partial charge in [-0.3, -0.25) is 4.79 Å². The van der Waals surface area contributed by atoms with Crippen molar-refractivity contribution in [1.29, 1.82) is 0 Å². The van der Waals surface area contributed by atoms with Crippen LogP contribution in [0.1, 0.15) is 20.8 Å². The second-order valence-corrected chi connectivity index (χ2v) is 8.81. The van der Waals surface area contributed by atoms with Crippen LogP contribution in [0.5, 0.6) is 5.75 Å². The number of carbonyl (C=O) groups excluding carboxylic acids is 1. The van der Waals surface area contributed by atoms with Gasteiger partial charge in [0, 0.05) is 5.39 Å². The Hall–Kier alpha value is -2.67. The van der Waals surface area contributed by atoms with E-state index in [2.05, 4.69) is 4.98 Å². The van der Waals surface area contributed by atoms with E-state index < -0.39 is 27.0 Å². The standard InChI is InChI=1S/C19H18FNO4S/c1-19(2,3)18(22)25-16-14-6-4-5-7-15(14)21-17(16)26(23,24)13-10-8-12(20)9-11-13/h4-11,21H,1-3H3. The number of para-hydroxylation sites is 1. The van der Waals surface area contributed by atoms with Crippen molar-refractivity contribution >= 4 is 26.7 Å². The molecule has 1 N–H and O–H groups in total. The van der Waals surface area contributed by atoms with E-state index >= 15 is 0 Å². The quantitative estimate of drug-likeness (QED) is 0.553. The molecule has 0 aliphatic heterocycles. The van der Waals surface area contributed by atoms with Crippen LogP contribution in [0.15, 0.2) is 58.5 Å². The number of fused-ring (bicyclic) bond motifs is 1. The molecular formula is C19H18FNO4S. The van der Waals surface area contributed by atoms with E-state index in [0.717, 1.165) is 12.1 Å². The van der Waals surface area contributed by atoms with Gasteiger partial charge in [0.2, 0.25) is 9.84 Å². The fourth-order valence-corrected chi connectivity index (χ4v) is 3.73. The first kappa shape index (κ1) is 18.1. The molecule has 7 heteroatoms. The number of carbonyl (C=O) groups is 1. The number of aromatic nitrogens is 1. The molecule has 1 aromatic heterocycles. The van der Waals surface area contributed by atoms with Gasteiger partial charge in [0.15, 0.2) is 10.8 Å². The summed E-state index contributed by atoms with van der Waals surface area (Å²) in [5.41, 5.74) is -0.292. The molecule has 0 aliphatic carbocycles. The highest BCUT2D eigenvalue weighted by Gasteiger charge is 2.31. The lowest BCUT2D eigenvalue weighted by Crippen LogP contribution is -2.26. The summed E-state index contributed by atoms with van der Waals surface area (Å²) in [6, 6.07) is 11.3. The number of hydrogen-bond donors (Lipinski definition) is 1. The maximum atomic E-state index is 13.2. The second-order valence-electron chi connectivity index (χ2n) is 6.93. The first-order valence-corrected chi connectivity index (χ1v) is 9.42. The van der Waals surface area contributed by atoms with Gasteiger partial charge < -0.3 is 9.72 Å². The Kier molecular flexibility index (Phi) is 4.36. The molecule has 2 aromatic carbocycles. The highest BCUT2D eigenvalue weighted by Crippen LogP contribution is 2.37. The van der Waals surface area contributed by atoms with Gasteiger partial charge in [-0.05, 0) is 57.2 Å². The van der Waals surface area contributed by atoms with Crippen LogP contribution in [0, 0.1) is 11.2 Å². The Morgan fingerprint density at radius 2 is 1.65 bits per heavy atom. The van der Waals surface area contributed by atoms with Gasteiger partial charge in [0.25, 0.3) is 0 Å². The van der Waals surface area contributed by atoms with Gasteiger partial charge in [-0.15, -0.1) is 0 Å². The molecule has 0 aliphatic rings. The predicted octanol–water partition coefficient (Wildman–Crippen LogP) is 4.09. The van der Waals surface area contributed by atoms with Crippen molar-refractivity contribution in [3.05, 3.63) is 54.3 Å². The summed E-state index contributed by atoms with van der Waals surface area (Å²) in [6.45, 7) is 5.04. The predicted molar refractivity (Wildman–Crippen MR) is 95.2 cm³/mol. The van der Waals surface area contributed by atoms with E-state index in [9.17, 15) is 17.6 Å². The SMILES string of the molecule is CC(C)(C)C(=O)Oc1c(S(=O)(=O)c2ccc(F)cc2)[nH]c2ccccc12. The summed E-state index contributed by atoms with van der Waals surface area (Å²) in [4.78, 5) is 15.1. The number of sulfone groups is 1. The van der Waals surface area contributed by atoms with Gasteiger partial charge >= 0.3 is 5.97 Å². The van der Waals surface area contributed by atoms with Gasteiger partial charge in [0.05, 0.1) is 15.8 Å². The van der Waals surface area contributed by atoms with Crippen LogP contribution >= 0.6 is 0 Å². The number of rotatable bonds is 3. The largest absolute Gasteiger partial charge is 0.422 e. The van der Waals surface area contributed by atoms with Gasteiger partial charge in [-0.2, -0.15) is 0 Å². The van der Waals surface area contributed by atoms with Crippen LogP contribution in [0.4, 0.5) is 4.39 Å². The van der Waals surface area contributed by atoms with Crippen LogP contribution in [-0.2, 0) is 14.6 Å². The number of H-pyrrole nitrogens is 1. The van der Waals surface area contributed by atoms with Crippen LogP contribution < -0.4 is 4.74 Å². The monoisotopic (exact) mass is 375 g/mol. The van der Waals surface area contributed by atoms with E-state index in [4.69, 9.17) is 4.74 Å². The molecule has 0 amide bonds. The summed E-state index contributed by atoms with van der Waals surface area (Å²) >= 11 is 0. The third-order valence-corrected chi connectivity index (χ3v) is 5.54. The van der Waals surface area contributed by atoms with Crippen molar-refractivity contribution in [1.82, 2.24) is 4.98 Å². The zero-order valence-electron chi connectivity index (χ0n) is 14.5. The number of ether oxygens (including phenoxy) is 1. The van der Waals surface area contributed by atoms with E-state index in [0.29, 0.717) is 10.9 Å². The molecule has 3 rings (SSSR count). The molecule has 0 atom stereocenters. The molecule has 0 unspecified atom stereocenters. The summed E-state index contributed by atoms with van der Waals surface area (Å²) in [5, 5.41) is 0.244. The fraction of sp³-hybridized carbons (Fsp3) is 0.211. The van der Waals surface area contributed by atoms with Crippen molar-refractivity contribution in [2.24, 2.45) is 5.41 Å². The lowest BCUT2D eigenvalue weighted by atomic mass is 9.97. The van der Waals surface area contributed by atoms with Crippen molar-refractivity contribution in [3.63, 3.8) is 0 Å². The van der Waals surface area contributed by atoms with Crippen molar-refractivity contribution < 1.29 is 22.3 Å². The van der Waals surface area contributed by atoms with Crippen LogP contribution in [-0.4, -0.2) is 19.4 Å². The van der Waals surface area contributed by atoms with Crippen molar-refractivity contribution in [2.75, 3.05) is 0 Å². The highest BCUT2D eigenvalue weighted by atomic mass is 32.2. The Labute approximate surface area is 150 Å². The molecule has 0 fully saturated rings. The molecule has 26 heavy (non-hydrogen) atoms. The molecule has 0 spiro atoms. The Morgan fingerprint density at radius 3 is 2.27 bits per heavy atom. The normalized spacial score (nSPS) is 12.3. The third kappa shape index (κ3) is 3.22. The average molecular weight is 375 g/mol. The summed E-state index contributed by atoms with van der Waals surface area (Å²) < 4.78 is 44.7. The molecule has 1 heterocycles. The molecule has 0 saturated carbocycles. The molecule has 3 aromatic rings. The first-order chi connectivity index (χ1) is 12.1. The number of benzene rings is 2. The number of nitrogens with one attached hydrogen (secondary N) is 1. The minimum Gasteiger partial charge on any atom is -0.422 e. The molecule has 0 saturated heterocycles. The smallest absolute Gasteiger partial charge is 0.316 e. The van der Waals surface area contributed by atoms with Crippen molar-refractivity contribution in [3.8, 4) is 5.75 Å². The van der Waals surface area contributed by atoms with Crippen LogP contribution in [0.2, 0.25) is 0 Å². The third-order valence-electron chi connectivity index (χ3n) is 3.83. The molecule has 0 bridgehead atoms. The Bertz CT molecular complexity index is 1080. The van der Waals surface area contributed by atoms with Gasteiger partial charge in [-0.1, -0.05) is 12.1 Å². The lowest BCUT2D eigenvalue weighted by Gasteiger charge is -2.16. The summed E-state index contributed by atoms with van der Waals surface area (Å²) in [6.07, 6.45) is 0. The van der Waals surface area contributed by atoms with Crippen LogP contribution in [0.25, 0.3) is 10.9 Å².